The van der Waals surface area contributed by atoms with Crippen molar-refractivity contribution in [3.8, 4) is 6.07 Å². The third-order valence-electron chi connectivity index (χ3n) is 3.55. The first-order valence-corrected chi connectivity index (χ1v) is 8.05. The Morgan fingerprint density at radius 1 is 1.44 bits per heavy atom. The summed E-state index contributed by atoms with van der Waals surface area (Å²) in [6.07, 6.45) is -1.42. The van der Waals surface area contributed by atoms with Gasteiger partial charge in [-0.2, -0.15) is 5.26 Å². The first kappa shape index (κ1) is 19.9. The van der Waals surface area contributed by atoms with Gasteiger partial charge in [0.25, 0.3) is 0 Å². The number of halogens is 1. The number of nitrogens with one attached hydrogen (secondary N) is 4. The Labute approximate surface area is 154 Å². The lowest BCUT2D eigenvalue weighted by Gasteiger charge is -2.15. The average Bonchev–Trinajstić information content (AvgIpc) is 2.99. The second-order valence-electron chi connectivity index (χ2n) is 5.63. The minimum absolute atomic E-state index is 0.0258. The molecule has 1 aliphatic heterocycles. The first-order valence-electron chi connectivity index (χ1n) is 8.05. The summed E-state index contributed by atoms with van der Waals surface area (Å²) in [5.74, 6) is -1.34. The zero-order valence-corrected chi connectivity index (χ0v) is 14.5. The second kappa shape index (κ2) is 9.35. The van der Waals surface area contributed by atoms with E-state index in [1.54, 1.807) is 12.1 Å². The molecule has 4 N–H and O–H groups in total. The smallest absolute Gasteiger partial charge is 0.414 e. The Bertz CT molecular complexity index is 766. The van der Waals surface area contributed by atoms with Crippen LogP contribution >= 0.6 is 0 Å². The Balaban J connectivity index is 1.88. The van der Waals surface area contributed by atoms with E-state index < -0.39 is 23.9 Å². The highest BCUT2D eigenvalue weighted by molar-refractivity contribution is 5.90. The van der Waals surface area contributed by atoms with Crippen LogP contribution in [-0.4, -0.2) is 43.8 Å². The van der Waals surface area contributed by atoms with Gasteiger partial charge in [0.05, 0.1) is 37.2 Å². The van der Waals surface area contributed by atoms with Crippen LogP contribution in [0.2, 0.25) is 0 Å². The van der Waals surface area contributed by atoms with E-state index in [9.17, 15) is 18.8 Å². The van der Waals surface area contributed by atoms with Gasteiger partial charge in [-0.05, 0) is 18.2 Å². The molecular formula is C16H19FN6O4. The van der Waals surface area contributed by atoms with Gasteiger partial charge < -0.3 is 15.4 Å². The predicted molar refractivity (Wildman–Crippen MR) is 92.7 cm³/mol. The second-order valence-corrected chi connectivity index (χ2v) is 5.63. The number of hydrogen-bond donors (Lipinski definition) is 4. The summed E-state index contributed by atoms with van der Waals surface area (Å²) < 4.78 is 19.4. The SMILES string of the molecule is CC(=O)NC[C@H]1CN(c2ccc(NCNNC(=O)CC#N)c(F)c2)C(=O)O1. The highest BCUT2D eigenvalue weighted by Gasteiger charge is 2.32. The normalized spacial score (nSPS) is 15.7. The predicted octanol–water partition coefficient (Wildman–Crippen LogP) is 0.191. The van der Waals surface area contributed by atoms with Gasteiger partial charge in [0, 0.05) is 6.92 Å². The number of rotatable bonds is 8. The molecule has 1 aliphatic rings. The monoisotopic (exact) mass is 378 g/mol. The van der Waals surface area contributed by atoms with Crippen molar-refractivity contribution in [3.63, 3.8) is 0 Å². The van der Waals surface area contributed by atoms with Crippen LogP contribution in [0.3, 0.4) is 0 Å². The number of ether oxygens (including phenoxy) is 1. The number of amides is 3. The minimum Gasteiger partial charge on any atom is -0.442 e. The molecule has 0 saturated carbocycles. The Morgan fingerprint density at radius 3 is 2.89 bits per heavy atom. The number of benzene rings is 1. The van der Waals surface area contributed by atoms with Crippen LogP contribution in [0, 0.1) is 17.1 Å². The van der Waals surface area contributed by atoms with Crippen molar-refractivity contribution in [2.24, 2.45) is 0 Å². The largest absolute Gasteiger partial charge is 0.442 e. The van der Waals surface area contributed by atoms with Gasteiger partial charge >= 0.3 is 6.09 Å². The summed E-state index contributed by atoms with van der Waals surface area (Å²) in [6.45, 7) is 1.76. The van der Waals surface area contributed by atoms with Gasteiger partial charge in [-0.25, -0.2) is 14.6 Å². The molecule has 2 rings (SSSR count). The molecule has 0 radical (unpaired) electrons. The van der Waals surface area contributed by atoms with E-state index >= 15 is 0 Å². The zero-order chi connectivity index (χ0) is 19.8. The van der Waals surface area contributed by atoms with E-state index in [2.05, 4.69) is 21.5 Å². The number of carbonyl (C=O) groups is 3. The highest BCUT2D eigenvalue weighted by atomic mass is 19.1. The van der Waals surface area contributed by atoms with E-state index in [1.807, 2.05) is 0 Å². The summed E-state index contributed by atoms with van der Waals surface area (Å²) >= 11 is 0. The lowest BCUT2D eigenvalue weighted by Crippen LogP contribution is -2.40. The molecule has 0 unspecified atom stereocenters. The lowest BCUT2D eigenvalue weighted by atomic mass is 10.2. The van der Waals surface area contributed by atoms with Gasteiger partial charge in [0.15, 0.2) is 0 Å². The molecule has 10 nitrogen and oxygen atoms in total. The van der Waals surface area contributed by atoms with Crippen molar-refractivity contribution in [2.75, 3.05) is 30.0 Å². The molecule has 144 valence electrons. The molecule has 1 fully saturated rings. The minimum atomic E-state index is -0.618. The van der Waals surface area contributed by atoms with E-state index in [1.165, 1.54) is 24.0 Å². The van der Waals surface area contributed by atoms with Crippen LogP contribution in [0.1, 0.15) is 13.3 Å². The Hall–Kier alpha value is -3.39. The molecule has 1 aromatic carbocycles. The van der Waals surface area contributed by atoms with Crippen LogP contribution in [0.5, 0.6) is 0 Å². The van der Waals surface area contributed by atoms with Crippen LogP contribution in [-0.2, 0) is 14.3 Å². The zero-order valence-electron chi connectivity index (χ0n) is 14.5. The summed E-state index contributed by atoms with van der Waals surface area (Å²) in [7, 11) is 0. The molecular weight excluding hydrogens is 359 g/mol. The fraction of sp³-hybridized carbons (Fsp3) is 0.375. The summed E-state index contributed by atoms with van der Waals surface area (Å²) in [5, 5.41) is 13.6. The maximum atomic E-state index is 14.2. The van der Waals surface area contributed by atoms with Crippen molar-refractivity contribution >= 4 is 29.3 Å². The maximum Gasteiger partial charge on any atom is 0.414 e. The number of nitriles is 1. The van der Waals surface area contributed by atoms with Gasteiger partial charge in [-0.15, -0.1) is 0 Å². The van der Waals surface area contributed by atoms with E-state index in [0.717, 1.165) is 0 Å². The van der Waals surface area contributed by atoms with Gasteiger partial charge in [0.2, 0.25) is 11.8 Å². The molecule has 1 atom stereocenters. The number of anilines is 2. The summed E-state index contributed by atoms with van der Waals surface area (Å²) in [5.41, 5.74) is 5.25. The third-order valence-corrected chi connectivity index (χ3v) is 3.55. The Kier molecular flexibility index (Phi) is 6.90. The summed E-state index contributed by atoms with van der Waals surface area (Å²) in [4.78, 5) is 35.2. The number of hydrogen-bond acceptors (Lipinski definition) is 7. The van der Waals surface area contributed by atoms with Gasteiger partial charge in [-0.3, -0.25) is 19.9 Å². The van der Waals surface area contributed by atoms with Gasteiger partial charge in [0.1, 0.15) is 18.3 Å². The van der Waals surface area contributed by atoms with Crippen molar-refractivity contribution in [2.45, 2.75) is 19.4 Å². The highest BCUT2D eigenvalue weighted by Crippen LogP contribution is 2.25. The first-order chi connectivity index (χ1) is 12.9. The standard InChI is InChI=1S/C16H19FN6O4/c1-10(24)19-7-12-8-23(16(26)27-12)11-2-3-14(13(17)6-11)20-9-21-22-15(25)4-5-18/h2-3,6,12,20-21H,4,7-9H2,1H3,(H,19,24)(H,22,25)/t12-/m0/s1. The fourth-order valence-corrected chi connectivity index (χ4v) is 2.31. The van der Waals surface area contributed by atoms with Crippen molar-refractivity contribution in [1.82, 2.24) is 16.2 Å². The van der Waals surface area contributed by atoms with Crippen molar-refractivity contribution < 1.29 is 23.5 Å². The topological polar surface area (TPSA) is 136 Å². The van der Waals surface area contributed by atoms with E-state index in [-0.39, 0.29) is 37.8 Å². The number of nitrogens with zero attached hydrogens (tertiary/aromatic N) is 2. The van der Waals surface area contributed by atoms with Crippen molar-refractivity contribution in [3.05, 3.63) is 24.0 Å². The number of cyclic esters (lactones) is 1. The summed E-state index contributed by atoms with van der Waals surface area (Å²) in [6, 6.07) is 5.86. The van der Waals surface area contributed by atoms with Crippen molar-refractivity contribution in [1.29, 1.82) is 5.26 Å². The molecule has 0 bridgehead atoms. The maximum absolute atomic E-state index is 14.2. The number of carbonyl (C=O) groups excluding carboxylic acids is 3. The molecule has 1 aromatic rings. The molecule has 27 heavy (non-hydrogen) atoms. The van der Waals surface area contributed by atoms with Crippen LogP contribution in [0.4, 0.5) is 20.6 Å². The average molecular weight is 378 g/mol. The molecule has 11 heteroatoms. The molecule has 1 heterocycles. The molecule has 0 spiro atoms. The van der Waals surface area contributed by atoms with Crippen LogP contribution in [0.25, 0.3) is 0 Å². The molecule has 1 saturated heterocycles. The third kappa shape index (κ3) is 5.82. The fourth-order valence-electron chi connectivity index (χ4n) is 2.31. The lowest BCUT2D eigenvalue weighted by molar-refractivity contribution is -0.121. The quantitative estimate of drug-likeness (QED) is 0.288. The molecule has 0 aromatic heterocycles. The van der Waals surface area contributed by atoms with Gasteiger partial charge in [-0.1, -0.05) is 0 Å². The Morgan fingerprint density at radius 2 is 2.22 bits per heavy atom. The molecule has 0 aliphatic carbocycles. The van der Waals surface area contributed by atoms with E-state index in [4.69, 9.17) is 10.00 Å². The molecule has 3 amide bonds. The van der Waals surface area contributed by atoms with Crippen LogP contribution < -0.4 is 26.4 Å². The van der Waals surface area contributed by atoms with Crippen LogP contribution in [0.15, 0.2) is 18.2 Å². The van der Waals surface area contributed by atoms with E-state index in [0.29, 0.717) is 5.69 Å². The number of hydrazine groups is 1.